The molecule has 0 radical (unpaired) electrons. The topological polar surface area (TPSA) is 88.2 Å². The lowest BCUT2D eigenvalue weighted by Gasteiger charge is -1.99. The third kappa shape index (κ3) is 2.85. The van der Waals surface area contributed by atoms with Gasteiger partial charge in [-0.3, -0.25) is 14.3 Å². The summed E-state index contributed by atoms with van der Waals surface area (Å²) in [5, 5.41) is 9.72. The predicted molar refractivity (Wildman–Crippen MR) is 94.7 cm³/mol. The number of fused-ring (bicyclic) bond motifs is 1. The Morgan fingerprint density at radius 3 is 2.92 bits per heavy atom. The fourth-order valence-corrected chi connectivity index (χ4v) is 3.56. The van der Waals surface area contributed by atoms with E-state index in [1.165, 1.54) is 10.6 Å². The van der Waals surface area contributed by atoms with Gasteiger partial charge in [0.1, 0.15) is 11.5 Å². The molecule has 128 valence electrons. The van der Waals surface area contributed by atoms with E-state index in [1.54, 1.807) is 17.4 Å². The molecule has 0 aromatic carbocycles. The number of thiazole rings is 1. The van der Waals surface area contributed by atoms with Crippen molar-refractivity contribution in [3.63, 3.8) is 0 Å². The molecule has 4 heterocycles. The third-order valence-electron chi connectivity index (χ3n) is 4.09. The van der Waals surface area contributed by atoms with E-state index >= 15 is 0 Å². The van der Waals surface area contributed by atoms with Crippen LogP contribution in [0.1, 0.15) is 32.5 Å². The highest BCUT2D eigenvalue weighted by molar-refractivity contribution is 7.17. The van der Waals surface area contributed by atoms with Gasteiger partial charge < -0.3 is 9.73 Å². The van der Waals surface area contributed by atoms with Gasteiger partial charge in [-0.15, -0.1) is 11.3 Å². The number of nitrogens with one attached hydrogen (secondary N) is 2. The zero-order chi connectivity index (χ0) is 17.6. The molecule has 25 heavy (non-hydrogen) atoms. The molecule has 4 aromatic heterocycles. The van der Waals surface area contributed by atoms with E-state index < -0.39 is 0 Å². The zero-order valence-electron chi connectivity index (χ0n) is 14.1. The second-order valence-corrected chi connectivity index (χ2v) is 7.07. The van der Waals surface area contributed by atoms with Crippen molar-refractivity contribution in [2.75, 3.05) is 0 Å². The maximum absolute atomic E-state index is 12.3. The number of carbonyl (C=O) groups is 1. The Hall–Kier alpha value is -2.87. The van der Waals surface area contributed by atoms with E-state index in [0.29, 0.717) is 23.7 Å². The lowest BCUT2D eigenvalue weighted by Crippen LogP contribution is -2.23. The number of aromatic amines is 1. The Bertz CT molecular complexity index is 1070. The van der Waals surface area contributed by atoms with Crippen LogP contribution in [0.2, 0.25) is 0 Å². The molecule has 4 rings (SSSR count). The van der Waals surface area contributed by atoms with Gasteiger partial charge in [-0.1, -0.05) is 0 Å². The Kier molecular flexibility index (Phi) is 3.69. The summed E-state index contributed by atoms with van der Waals surface area (Å²) in [5.74, 6) is 1.21. The standard InChI is InChI=1S/C17H17N5O2S/c1-9-4-5-15(24-9)13-6-14(21-20-13)16(23)18-7-12-8-22-10(2)11(3)25-17(22)19-12/h4-6,8H,7H2,1-3H3,(H,18,23)(H,20,21). The minimum atomic E-state index is -0.255. The normalized spacial score (nSPS) is 11.3. The molecule has 0 aliphatic rings. The van der Waals surface area contributed by atoms with Crippen LogP contribution < -0.4 is 5.32 Å². The summed E-state index contributed by atoms with van der Waals surface area (Å²) in [4.78, 5) is 19.0. The molecule has 0 atom stereocenters. The van der Waals surface area contributed by atoms with Gasteiger partial charge in [0, 0.05) is 22.8 Å². The number of furan rings is 1. The van der Waals surface area contributed by atoms with Crippen molar-refractivity contribution in [2.45, 2.75) is 27.3 Å². The van der Waals surface area contributed by atoms with Crippen LogP contribution in [0.25, 0.3) is 16.4 Å². The first kappa shape index (κ1) is 15.6. The minimum absolute atomic E-state index is 0.255. The largest absolute Gasteiger partial charge is 0.460 e. The monoisotopic (exact) mass is 355 g/mol. The van der Waals surface area contributed by atoms with Crippen LogP contribution in [-0.2, 0) is 6.54 Å². The van der Waals surface area contributed by atoms with E-state index in [1.807, 2.05) is 29.7 Å². The van der Waals surface area contributed by atoms with Gasteiger partial charge in [0.25, 0.3) is 5.91 Å². The summed E-state index contributed by atoms with van der Waals surface area (Å²) in [6.45, 7) is 6.36. The number of H-pyrrole nitrogens is 1. The molecule has 7 nitrogen and oxygen atoms in total. The Morgan fingerprint density at radius 2 is 2.20 bits per heavy atom. The van der Waals surface area contributed by atoms with E-state index in [9.17, 15) is 4.79 Å². The highest BCUT2D eigenvalue weighted by Crippen LogP contribution is 2.22. The van der Waals surface area contributed by atoms with Crippen LogP contribution in [0, 0.1) is 20.8 Å². The molecular formula is C17H17N5O2S. The summed E-state index contributed by atoms with van der Waals surface area (Å²) in [5.41, 5.74) is 2.99. The number of carbonyl (C=O) groups excluding carboxylic acids is 1. The zero-order valence-corrected chi connectivity index (χ0v) is 14.9. The fraction of sp³-hybridized carbons (Fsp3) is 0.235. The predicted octanol–water partition coefficient (Wildman–Crippen LogP) is 3.23. The molecule has 0 aliphatic carbocycles. The van der Waals surface area contributed by atoms with Gasteiger partial charge in [0.2, 0.25) is 0 Å². The number of amides is 1. The van der Waals surface area contributed by atoms with Crippen molar-refractivity contribution in [3.05, 3.63) is 52.1 Å². The van der Waals surface area contributed by atoms with Gasteiger partial charge in [-0.2, -0.15) is 5.10 Å². The van der Waals surface area contributed by atoms with Crippen LogP contribution in [0.5, 0.6) is 0 Å². The molecule has 0 saturated heterocycles. The maximum Gasteiger partial charge on any atom is 0.272 e. The number of nitrogens with zero attached hydrogens (tertiary/aromatic N) is 3. The van der Waals surface area contributed by atoms with Crippen molar-refractivity contribution in [3.8, 4) is 11.5 Å². The first-order valence-corrected chi connectivity index (χ1v) is 8.67. The first-order chi connectivity index (χ1) is 12.0. The van der Waals surface area contributed by atoms with E-state index in [4.69, 9.17) is 4.42 Å². The van der Waals surface area contributed by atoms with Crippen LogP contribution in [-0.4, -0.2) is 25.5 Å². The quantitative estimate of drug-likeness (QED) is 0.588. The van der Waals surface area contributed by atoms with Crippen molar-refractivity contribution >= 4 is 22.2 Å². The van der Waals surface area contributed by atoms with Crippen LogP contribution in [0.4, 0.5) is 0 Å². The molecule has 0 saturated carbocycles. The van der Waals surface area contributed by atoms with Crippen molar-refractivity contribution < 1.29 is 9.21 Å². The summed E-state index contributed by atoms with van der Waals surface area (Å²) >= 11 is 1.64. The third-order valence-corrected chi connectivity index (χ3v) is 5.16. The molecule has 0 aliphatic heterocycles. The van der Waals surface area contributed by atoms with Crippen LogP contribution >= 0.6 is 11.3 Å². The molecule has 1 amide bonds. The molecule has 0 unspecified atom stereocenters. The maximum atomic E-state index is 12.3. The molecule has 4 aromatic rings. The second kappa shape index (κ2) is 5.89. The highest BCUT2D eigenvalue weighted by Gasteiger charge is 2.14. The fourth-order valence-electron chi connectivity index (χ4n) is 2.59. The number of hydrogen-bond acceptors (Lipinski definition) is 5. The van der Waals surface area contributed by atoms with Gasteiger partial charge in [0.15, 0.2) is 16.4 Å². The van der Waals surface area contributed by atoms with Gasteiger partial charge in [-0.25, -0.2) is 4.98 Å². The smallest absolute Gasteiger partial charge is 0.272 e. The Balaban J connectivity index is 1.45. The molecule has 8 heteroatoms. The highest BCUT2D eigenvalue weighted by atomic mass is 32.1. The average Bonchev–Trinajstić information content (AvgIpc) is 3.33. The minimum Gasteiger partial charge on any atom is -0.460 e. The summed E-state index contributed by atoms with van der Waals surface area (Å²) < 4.78 is 7.57. The second-order valence-electron chi connectivity index (χ2n) is 5.89. The molecule has 0 fully saturated rings. The summed E-state index contributed by atoms with van der Waals surface area (Å²) in [7, 11) is 0. The van der Waals surface area contributed by atoms with Crippen LogP contribution in [0.3, 0.4) is 0 Å². The number of rotatable bonds is 4. The summed E-state index contributed by atoms with van der Waals surface area (Å²) in [6, 6.07) is 5.38. The van der Waals surface area contributed by atoms with Crippen molar-refractivity contribution in [1.82, 2.24) is 24.9 Å². The van der Waals surface area contributed by atoms with E-state index in [0.717, 1.165) is 16.4 Å². The van der Waals surface area contributed by atoms with Crippen molar-refractivity contribution in [2.24, 2.45) is 0 Å². The van der Waals surface area contributed by atoms with Gasteiger partial charge in [0.05, 0.1) is 12.2 Å². The Labute approximate surface area is 147 Å². The Morgan fingerprint density at radius 1 is 1.36 bits per heavy atom. The average molecular weight is 355 g/mol. The van der Waals surface area contributed by atoms with E-state index in [-0.39, 0.29) is 5.91 Å². The number of aryl methyl sites for hydroxylation is 3. The van der Waals surface area contributed by atoms with Gasteiger partial charge >= 0.3 is 0 Å². The molecule has 0 bridgehead atoms. The lowest BCUT2D eigenvalue weighted by molar-refractivity contribution is 0.0945. The van der Waals surface area contributed by atoms with Crippen LogP contribution in [0.15, 0.2) is 28.8 Å². The number of imidazole rings is 1. The van der Waals surface area contributed by atoms with Crippen molar-refractivity contribution in [1.29, 1.82) is 0 Å². The number of aromatic nitrogens is 4. The molecule has 2 N–H and O–H groups in total. The molecular weight excluding hydrogens is 338 g/mol. The van der Waals surface area contributed by atoms with E-state index in [2.05, 4.69) is 34.3 Å². The van der Waals surface area contributed by atoms with Gasteiger partial charge in [-0.05, 0) is 32.9 Å². The first-order valence-electron chi connectivity index (χ1n) is 7.85. The molecule has 0 spiro atoms. The SMILES string of the molecule is Cc1ccc(-c2cc(C(=O)NCc3cn4c(C)c(C)sc4n3)n[nH]2)o1. The number of hydrogen-bond donors (Lipinski definition) is 2. The lowest BCUT2D eigenvalue weighted by atomic mass is 10.3. The summed E-state index contributed by atoms with van der Waals surface area (Å²) in [6.07, 6.45) is 1.95.